The van der Waals surface area contributed by atoms with Gasteiger partial charge in [0.15, 0.2) is 5.78 Å². The minimum Gasteiger partial charge on any atom is -0.294 e. The molecule has 4 rings (SSSR count). The highest BCUT2D eigenvalue weighted by atomic mass is 19.1. The van der Waals surface area contributed by atoms with Crippen molar-refractivity contribution in [1.82, 2.24) is 10.0 Å². The predicted molar refractivity (Wildman–Crippen MR) is 105 cm³/mol. The first kappa shape index (κ1) is 18.6. The molecule has 5 heteroatoms. The average Bonchev–Trinajstić information content (AvgIpc) is 2.67. The highest BCUT2D eigenvalue weighted by Crippen LogP contribution is 2.46. The van der Waals surface area contributed by atoms with Gasteiger partial charge in [0.25, 0.3) is 0 Å². The average molecular weight is 378 g/mol. The number of halogens is 1. The Hall–Kier alpha value is -2.79. The third-order valence-corrected chi connectivity index (χ3v) is 5.65. The van der Waals surface area contributed by atoms with Crippen molar-refractivity contribution >= 4 is 11.7 Å². The molecule has 2 aromatic rings. The summed E-state index contributed by atoms with van der Waals surface area (Å²) in [5.41, 5.74) is 2.81. The molecule has 0 fully saturated rings. The van der Waals surface area contributed by atoms with E-state index in [1.54, 1.807) is 42.3 Å². The summed E-state index contributed by atoms with van der Waals surface area (Å²) in [6, 6.07) is 16.3. The van der Waals surface area contributed by atoms with E-state index in [0.717, 1.165) is 5.56 Å². The summed E-state index contributed by atoms with van der Waals surface area (Å²) in [5, 5.41) is 3.32. The molecule has 2 aromatic carbocycles. The number of hydrogen-bond acceptors (Lipinski definition) is 3. The van der Waals surface area contributed by atoms with Crippen LogP contribution in [0.1, 0.15) is 42.2 Å². The minimum atomic E-state index is -0.524. The normalized spacial score (nSPS) is 22.6. The molecule has 0 aromatic heterocycles. The number of amides is 1. The van der Waals surface area contributed by atoms with Crippen molar-refractivity contribution in [3.63, 3.8) is 0 Å². The molecule has 2 atom stereocenters. The van der Waals surface area contributed by atoms with E-state index >= 15 is 0 Å². The molecule has 0 unspecified atom stereocenters. The van der Waals surface area contributed by atoms with E-state index in [1.165, 1.54) is 6.07 Å². The van der Waals surface area contributed by atoms with Gasteiger partial charge < -0.3 is 0 Å². The van der Waals surface area contributed by atoms with Crippen LogP contribution in [0.25, 0.3) is 0 Å². The molecule has 2 aliphatic rings. The van der Waals surface area contributed by atoms with Crippen LogP contribution in [0.3, 0.4) is 0 Å². The van der Waals surface area contributed by atoms with Gasteiger partial charge in [0.1, 0.15) is 5.82 Å². The second-order valence-corrected chi connectivity index (χ2v) is 7.63. The molecule has 144 valence electrons. The maximum absolute atomic E-state index is 14.5. The lowest BCUT2D eigenvalue weighted by Crippen LogP contribution is -2.48. The van der Waals surface area contributed by atoms with Crippen LogP contribution in [0.2, 0.25) is 0 Å². The van der Waals surface area contributed by atoms with Gasteiger partial charge in [0, 0.05) is 44.1 Å². The fourth-order valence-electron chi connectivity index (χ4n) is 4.47. The number of nitrogens with zero attached hydrogens (tertiary/aromatic N) is 2. The lowest BCUT2D eigenvalue weighted by atomic mass is 9.73. The standard InChI is InChI=1S/C23H23FN2O2/c1-25(2)26-20-12-16(15-8-4-3-5-9-15)13-21(27)23(20)18(14-22(26)28)17-10-6-7-11-19(17)24/h3-11,16,18H,12-14H2,1-2H3/t16-,18-/m0/s1. The molecule has 0 radical (unpaired) electrons. The number of hydrogen-bond donors (Lipinski definition) is 0. The molecule has 0 bridgehead atoms. The summed E-state index contributed by atoms with van der Waals surface area (Å²) in [5.74, 6) is -0.990. The van der Waals surface area contributed by atoms with E-state index < -0.39 is 5.92 Å². The second kappa shape index (κ2) is 7.32. The predicted octanol–water partition coefficient (Wildman–Crippen LogP) is 4.02. The van der Waals surface area contributed by atoms with Gasteiger partial charge >= 0.3 is 0 Å². The lowest BCUT2D eigenvalue weighted by molar-refractivity contribution is -0.143. The zero-order chi connectivity index (χ0) is 19.8. The van der Waals surface area contributed by atoms with Crippen LogP contribution in [0.4, 0.5) is 4.39 Å². The van der Waals surface area contributed by atoms with E-state index in [0.29, 0.717) is 29.7 Å². The van der Waals surface area contributed by atoms with E-state index in [1.807, 2.05) is 30.3 Å². The molecule has 1 heterocycles. The molecule has 0 spiro atoms. The van der Waals surface area contributed by atoms with Crippen LogP contribution < -0.4 is 0 Å². The molecular formula is C23H23FN2O2. The summed E-state index contributed by atoms with van der Waals surface area (Å²) >= 11 is 0. The minimum absolute atomic E-state index is 0.00251. The number of ketones is 1. The molecule has 1 aliphatic heterocycles. The number of Topliss-reactive ketones (excluding diaryl/α,β-unsaturated/α-hetero) is 1. The Balaban J connectivity index is 1.83. The van der Waals surface area contributed by atoms with Crippen LogP contribution in [-0.4, -0.2) is 35.8 Å². The van der Waals surface area contributed by atoms with Gasteiger partial charge in [-0.3, -0.25) is 9.59 Å². The third kappa shape index (κ3) is 3.16. The molecule has 0 saturated heterocycles. The zero-order valence-corrected chi connectivity index (χ0v) is 16.1. The van der Waals surface area contributed by atoms with Crippen molar-refractivity contribution in [2.45, 2.75) is 31.1 Å². The van der Waals surface area contributed by atoms with Crippen LogP contribution in [0, 0.1) is 5.82 Å². The summed E-state index contributed by atoms with van der Waals surface area (Å²) in [6.07, 6.45) is 1.06. The monoisotopic (exact) mass is 378 g/mol. The molecule has 1 amide bonds. The van der Waals surface area contributed by atoms with Crippen molar-refractivity contribution in [3.8, 4) is 0 Å². The van der Waals surface area contributed by atoms with Crippen molar-refractivity contribution in [2.24, 2.45) is 0 Å². The number of hydrazine groups is 1. The largest absolute Gasteiger partial charge is 0.294 e. The van der Waals surface area contributed by atoms with Crippen molar-refractivity contribution in [1.29, 1.82) is 0 Å². The third-order valence-electron chi connectivity index (χ3n) is 5.65. The Bertz CT molecular complexity index is 952. The van der Waals surface area contributed by atoms with Crippen LogP contribution in [-0.2, 0) is 9.59 Å². The SMILES string of the molecule is CN(C)N1C(=O)C[C@@H](c2ccccc2F)C2=C1C[C@H](c1ccccc1)CC2=O. The summed E-state index contributed by atoms with van der Waals surface area (Å²) in [7, 11) is 3.59. The summed E-state index contributed by atoms with van der Waals surface area (Å²) < 4.78 is 14.5. The quantitative estimate of drug-likeness (QED) is 0.810. The van der Waals surface area contributed by atoms with Gasteiger partial charge in [0.2, 0.25) is 5.91 Å². The number of benzene rings is 2. The maximum atomic E-state index is 14.5. The van der Waals surface area contributed by atoms with Crippen LogP contribution in [0.15, 0.2) is 65.9 Å². The van der Waals surface area contributed by atoms with E-state index in [4.69, 9.17) is 0 Å². The Kier molecular flexibility index (Phi) is 4.85. The smallest absolute Gasteiger partial charge is 0.242 e. The molecular weight excluding hydrogens is 355 g/mol. The molecule has 0 N–H and O–H groups in total. The zero-order valence-electron chi connectivity index (χ0n) is 16.1. The first-order chi connectivity index (χ1) is 13.5. The first-order valence-electron chi connectivity index (χ1n) is 9.53. The highest BCUT2D eigenvalue weighted by molar-refractivity contribution is 6.02. The topological polar surface area (TPSA) is 40.6 Å². The van der Waals surface area contributed by atoms with Gasteiger partial charge in [-0.1, -0.05) is 48.5 Å². The number of carbonyl (C=O) groups is 2. The molecule has 4 nitrogen and oxygen atoms in total. The number of carbonyl (C=O) groups excluding carboxylic acids is 2. The van der Waals surface area contributed by atoms with E-state index in [9.17, 15) is 14.0 Å². The molecule has 1 aliphatic carbocycles. The van der Waals surface area contributed by atoms with Crippen LogP contribution in [0.5, 0.6) is 0 Å². The second-order valence-electron chi connectivity index (χ2n) is 7.63. The fraction of sp³-hybridized carbons (Fsp3) is 0.304. The van der Waals surface area contributed by atoms with Crippen molar-refractivity contribution in [3.05, 3.63) is 82.8 Å². The van der Waals surface area contributed by atoms with Crippen molar-refractivity contribution < 1.29 is 14.0 Å². The number of rotatable bonds is 3. The Labute approximate surface area is 164 Å². The van der Waals surface area contributed by atoms with Gasteiger partial charge in [-0.25, -0.2) is 14.4 Å². The Morgan fingerprint density at radius 1 is 0.929 bits per heavy atom. The van der Waals surface area contributed by atoms with E-state index in [-0.39, 0.29) is 29.8 Å². The van der Waals surface area contributed by atoms with E-state index in [2.05, 4.69) is 0 Å². The lowest BCUT2D eigenvalue weighted by Gasteiger charge is -2.42. The van der Waals surface area contributed by atoms with Gasteiger partial charge in [-0.05, 0) is 29.5 Å². The Morgan fingerprint density at radius 3 is 2.29 bits per heavy atom. The fourth-order valence-corrected chi connectivity index (χ4v) is 4.47. The van der Waals surface area contributed by atoms with Crippen LogP contribution >= 0.6 is 0 Å². The highest BCUT2D eigenvalue weighted by Gasteiger charge is 2.43. The first-order valence-corrected chi connectivity index (χ1v) is 9.53. The summed E-state index contributed by atoms with van der Waals surface area (Å²) in [6.45, 7) is 0. The van der Waals surface area contributed by atoms with Gasteiger partial charge in [0.05, 0.1) is 0 Å². The maximum Gasteiger partial charge on any atom is 0.242 e. The van der Waals surface area contributed by atoms with Gasteiger partial charge in [-0.15, -0.1) is 0 Å². The van der Waals surface area contributed by atoms with Crippen molar-refractivity contribution in [2.75, 3.05) is 14.1 Å². The summed E-state index contributed by atoms with van der Waals surface area (Å²) in [4.78, 5) is 26.2. The molecule has 0 saturated carbocycles. The number of allylic oxidation sites excluding steroid dienone is 2. The Morgan fingerprint density at radius 2 is 1.61 bits per heavy atom. The molecule has 28 heavy (non-hydrogen) atoms. The van der Waals surface area contributed by atoms with Gasteiger partial charge in [-0.2, -0.15) is 0 Å².